The predicted molar refractivity (Wildman–Crippen MR) is 93.9 cm³/mol. The normalized spacial score (nSPS) is 18.5. The molecule has 0 heterocycles. The van der Waals surface area contributed by atoms with Crippen molar-refractivity contribution in [3.63, 3.8) is 0 Å². The Morgan fingerprint density at radius 1 is 1.00 bits per heavy atom. The Balaban J connectivity index is 2.08. The molecule has 0 spiro atoms. The molecule has 0 aromatic heterocycles. The Labute approximate surface area is 132 Å². The number of hydrogen-bond donors (Lipinski definition) is 0. The van der Waals surface area contributed by atoms with Gasteiger partial charge in [-0.2, -0.15) is 0 Å². The summed E-state index contributed by atoms with van der Waals surface area (Å²) in [6.45, 7) is 2.30. The maximum Gasteiger partial charge on any atom is 0.00362 e. The third kappa shape index (κ3) is 2.22. The minimum Gasteiger partial charge on any atom is -0.0770 e. The third-order valence-electron chi connectivity index (χ3n) is 5.26. The van der Waals surface area contributed by atoms with E-state index in [0.29, 0.717) is 5.92 Å². The SMILES string of the molecule is CCCCC1C=c2ccccc2=c2ccc3c(c21)CCCC=3. The molecule has 0 radical (unpaired) electrons. The van der Waals surface area contributed by atoms with Crippen LogP contribution in [0.2, 0.25) is 0 Å². The van der Waals surface area contributed by atoms with E-state index >= 15 is 0 Å². The van der Waals surface area contributed by atoms with Crippen LogP contribution in [0.5, 0.6) is 0 Å². The first-order chi connectivity index (χ1) is 10.9. The van der Waals surface area contributed by atoms with Gasteiger partial charge in [0.15, 0.2) is 0 Å². The first kappa shape index (κ1) is 13.8. The van der Waals surface area contributed by atoms with Crippen molar-refractivity contribution in [2.24, 2.45) is 0 Å². The average molecular weight is 288 g/mol. The van der Waals surface area contributed by atoms with Gasteiger partial charge in [-0.15, -0.1) is 0 Å². The monoisotopic (exact) mass is 288 g/mol. The van der Waals surface area contributed by atoms with Crippen LogP contribution in [0.1, 0.15) is 56.1 Å². The fourth-order valence-electron chi connectivity index (χ4n) is 4.19. The van der Waals surface area contributed by atoms with Crippen LogP contribution < -0.4 is 10.4 Å². The summed E-state index contributed by atoms with van der Waals surface area (Å²) in [4.78, 5) is 0. The van der Waals surface area contributed by atoms with Crippen LogP contribution in [-0.4, -0.2) is 0 Å². The van der Waals surface area contributed by atoms with Gasteiger partial charge in [-0.25, -0.2) is 0 Å². The van der Waals surface area contributed by atoms with E-state index in [4.69, 9.17) is 0 Å². The van der Waals surface area contributed by atoms with Gasteiger partial charge in [0.2, 0.25) is 0 Å². The van der Waals surface area contributed by atoms with Gasteiger partial charge in [0.05, 0.1) is 0 Å². The Hall–Kier alpha value is -1.82. The first-order valence-electron chi connectivity index (χ1n) is 8.81. The number of hydrogen-bond acceptors (Lipinski definition) is 0. The second-order valence-electron chi connectivity index (χ2n) is 6.69. The lowest BCUT2D eigenvalue weighted by Gasteiger charge is -2.23. The Kier molecular flexibility index (Phi) is 3.62. The van der Waals surface area contributed by atoms with Crippen molar-refractivity contribution in [3.05, 3.63) is 68.4 Å². The zero-order valence-electron chi connectivity index (χ0n) is 13.4. The molecule has 0 aliphatic heterocycles. The van der Waals surface area contributed by atoms with E-state index in [0.717, 1.165) is 0 Å². The summed E-state index contributed by atoms with van der Waals surface area (Å²) in [6.07, 6.45) is 12.7. The average Bonchev–Trinajstić information content (AvgIpc) is 2.59. The van der Waals surface area contributed by atoms with Crippen molar-refractivity contribution < 1.29 is 0 Å². The minimum atomic E-state index is 0.603. The topological polar surface area (TPSA) is 0 Å². The molecule has 0 nitrogen and oxygen atoms in total. The molecule has 0 saturated heterocycles. The van der Waals surface area contributed by atoms with Crippen molar-refractivity contribution >= 4 is 12.2 Å². The number of unbranched alkanes of at least 4 members (excludes halogenated alkanes) is 1. The molecule has 2 aromatic carbocycles. The summed E-state index contributed by atoms with van der Waals surface area (Å²) in [5.74, 6) is 0.603. The Morgan fingerprint density at radius 3 is 2.82 bits per heavy atom. The lowest BCUT2D eigenvalue weighted by molar-refractivity contribution is 0.667. The number of benzene rings is 2. The number of fused-ring (bicyclic) bond motifs is 4. The minimum absolute atomic E-state index is 0.603. The van der Waals surface area contributed by atoms with Gasteiger partial charge in [-0.05, 0) is 57.7 Å². The second kappa shape index (κ2) is 5.76. The van der Waals surface area contributed by atoms with Gasteiger partial charge in [0.25, 0.3) is 0 Å². The van der Waals surface area contributed by atoms with Crippen molar-refractivity contribution in [2.45, 2.75) is 51.4 Å². The maximum atomic E-state index is 2.53. The van der Waals surface area contributed by atoms with Crippen LogP contribution in [0.3, 0.4) is 0 Å². The summed E-state index contributed by atoms with van der Waals surface area (Å²) < 4.78 is 0. The molecule has 0 heteroatoms. The fourth-order valence-corrected chi connectivity index (χ4v) is 4.19. The zero-order chi connectivity index (χ0) is 14.9. The highest BCUT2D eigenvalue weighted by molar-refractivity contribution is 5.51. The maximum absolute atomic E-state index is 2.53. The van der Waals surface area contributed by atoms with Gasteiger partial charge in [0.1, 0.15) is 0 Å². The van der Waals surface area contributed by atoms with Crippen molar-refractivity contribution in [2.75, 3.05) is 0 Å². The third-order valence-corrected chi connectivity index (χ3v) is 5.26. The molecule has 0 amide bonds. The largest absolute Gasteiger partial charge is 0.0770 e. The molecule has 0 fully saturated rings. The highest BCUT2D eigenvalue weighted by atomic mass is 14.2. The second-order valence-corrected chi connectivity index (χ2v) is 6.69. The quantitative estimate of drug-likeness (QED) is 0.795. The Morgan fingerprint density at radius 2 is 1.91 bits per heavy atom. The summed E-state index contributed by atoms with van der Waals surface area (Å²) in [6, 6.07) is 13.6. The van der Waals surface area contributed by atoms with E-state index in [9.17, 15) is 0 Å². The zero-order valence-corrected chi connectivity index (χ0v) is 13.4. The van der Waals surface area contributed by atoms with Crippen LogP contribution in [-0.2, 0) is 6.42 Å². The van der Waals surface area contributed by atoms with E-state index in [1.54, 1.807) is 11.1 Å². The van der Waals surface area contributed by atoms with Crippen molar-refractivity contribution in [1.82, 2.24) is 0 Å². The van der Waals surface area contributed by atoms with Crippen molar-refractivity contribution in [1.29, 1.82) is 0 Å². The predicted octanol–water partition coefficient (Wildman–Crippen LogP) is 4.16. The van der Waals surface area contributed by atoms with E-state index in [-0.39, 0.29) is 0 Å². The molecule has 2 aliphatic carbocycles. The smallest absolute Gasteiger partial charge is 0.00362 e. The fraction of sp³-hybridized carbons (Fsp3) is 0.364. The molecule has 4 rings (SSSR count). The van der Waals surface area contributed by atoms with Crippen LogP contribution >= 0.6 is 0 Å². The van der Waals surface area contributed by atoms with Gasteiger partial charge in [-0.3, -0.25) is 0 Å². The molecular weight excluding hydrogens is 264 g/mol. The lowest BCUT2D eigenvalue weighted by Crippen LogP contribution is -2.22. The molecule has 22 heavy (non-hydrogen) atoms. The summed E-state index contributed by atoms with van der Waals surface area (Å²) in [7, 11) is 0. The van der Waals surface area contributed by atoms with Gasteiger partial charge >= 0.3 is 0 Å². The van der Waals surface area contributed by atoms with Crippen LogP contribution in [0.25, 0.3) is 12.2 Å². The van der Waals surface area contributed by atoms with Gasteiger partial charge in [-0.1, -0.05) is 68.3 Å². The molecule has 2 aromatic rings. The van der Waals surface area contributed by atoms with E-state index in [1.165, 1.54) is 59.4 Å². The molecule has 1 unspecified atom stereocenters. The van der Waals surface area contributed by atoms with Crippen molar-refractivity contribution in [3.8, 4) is 0 Å². The molecular formula is C22H24. The van der Waals surface area contributed by atoms with E-state index in [2.05, 4.69) is 55.5 Å². The molecule has 0 N–H and O–H groups in total. The molecule has 2 aliphatic rings. The Bertz CT molecular complexity index is 902. The highest BCUT2D eigenvalue weighted by Crippen LogP contribution is 2.30. The lowest BCUT2D eigenvalue weighted by atomic mass is 9.81. The van der Waals surface area contributed by atoms with Crippen LogP contribution in [0, 0.1) is 10.4 Å². The molecule has 112 valence electrons. The summed E-state index contributed by atoms with van der Waals surface area (Å²) >= 11 is 0. The summed E-state index contributed by atoms with van der Waals surface area (Å²) in [5, 5.41) is 5.85. The molecule has 1 atom stereocenters. The summed E-state index contributed by atoms with van der Waals surface area (Å²) in [5.41, 5.74) is 3.27. The first-order valence-corrected chi connectivity index (χ1v) is 8.81. The molecule has 0 bridgehead atoms. The molecule has 0 saturated carbocycles. The van der Waals surface area contributed by atoms with E-state index < -0.39 is 0 Å². The van der Waals surface area contributed by atoms with E-state index in [1.807, 2.05) is 0 Å². The van der Waals surface area contributed by atoms with Crippen LogP contribution in [0.15, 0.2) is 36.4 Å². The van der Waals surface area contributed by atoms with Gasteiger partial charge < -0.3 is 0 Å². The standard InChI is InChI=1S/C22H24/c1-2-3-8-18-15-17-10-5-6-11-19(17)21-14-13-16-9-4-7-12-20(16)22(18)21/h5-6,9-11,13-15,18H,2-4,7-8,12H2,1H3. The van der Waals surface area contributed by atoms with Crippen LogP contribution in [0.4, 0.5) is 0 Å². The number of rotatable bonds is 3. The highest BCUT2D eigenvalue weighted by Gasteiger charge is 2.19. The van der Waals surface area contributed by atoms with Gasteiger partial charge in [0, 0.05) is 5.92 Å².